The molecule has 0 amide bonds. The maximum atomic E-state index is 13.4. The van der Waals surface area contributed by atoms with Gasteiger partial charge in [-0.05, 0) is 48.6 Å². The van der Waals surface area contributed by atoms with Gasteiger partial charge in [0.2, 0.25) is 5.95 Å². The minimum atomic E-state index is -4.56. The molecule has 1 aromatic heterocycles. The van der Waals surface area contributed by atoms with Crippen molar-refractivity contribution in [3.63, 3.8) is 0 Å². The first-order valence-electron chi connectivity index (χ1n) is 10.1. The zero-order valence-electron chi connectivity index (χ0n) is 16.4. The summed E-state index contributed by atoms with van der Waals surface area (Å²) in [4.78, 5) is 7.96. The van der Waals surface area contributed by atoms with Crippen molar-refractivity contribution in [2.45, 2.75) is 44.2 Å². The molecule has 1 aliphatic carbocycles. The van der Waals surface area contributed by atoms with Crippen LogP contribution in [0.3, 0.4) is 0 Å². The summed E-state index contributed by atoms with van der Waals surface area (Å²) in [6, 6.07) is 16.6. The summed E-state index contributed by atoms with van der Waals surface area (Å²) in [5, 5.41) is 5.76. The van der Waals surface area contributed by atoms with Gasteiger partial charge in [-0.15, -0.1) is 0 Å². The summed E-state index contributed by atoms with van der Waals surface area (Å²) < 4.78 is 40.2. The molecule has 30 heavy (non-hydrogen) atoms. The van der Waals surface area contributed by atoms with Crippen LogP contribution in [0.25, 0.3) is 0 Å². The summed E-state index contributed by atoms with van der Waals surface area (Å²) in [6.07, 6.45) is 2.50. The largest absolute Gasteiger partial charge is 0.421 e. The Hall–Kier alpha value is -3.09. The van der Waals surface area contributed by atoms with E-state index in [2.05, 4.69) is 32.7 Å². The molecular weight excluding hydrogens is 389 g/mol. The molecule has 0 bridgehead atoms. The van der Waals surface area contributed by atoms with Gasteiger partial charge in [0, 0.05) is 17.6 Å². The van der Waals surface area contributed by atoms with Crippen molar-refractivity contribution >= 4 is 23.1 Å². The van der Waals surface area contributed by atoms with E-state index in [9.17, 15) is 13.2 Å². The average molecular weight is 412 g/mol. The van der Waals surface area contributed by atoms with E-state index in [4.69, 9.17) is 0 Å². The van der Waals surface area contributed by atoms with E-state index in [1.807, 2.05) is 12.1 Å². The number of nitrogens with zero attached hydrogens (tertiary/aromatic N) is 2. The number of alkyl halides is 3. The van der Waals surface area contributed by atoms with Gasteiger partial charge >= 0.3 is 6.18 Å². The highest BCUT2D eigenvalue weighted by molar-refractivity contribution is 5.62. The van der Waals surface area contributed by atoms with Gasteiger partial charge in [-0.25, -0.2) is 4.98 Å². The first kappa shape index (κ1) is 20.2. The van der Waals surface area contributed by atoms with Crippen LogP contribution in [0.15, 0.2) is 60.8 Å². The molecule has 1 heterocycles. The number of hydrogen-bond acceptors (Lipinski definition) is 4. The first-order valence-corrected chi connectivity index (χ1v) is 10.1. The number of halogens is 3. The highest BCUT2D eigenvalue weighted by Gasteiger charge is 2.35. The van der Waals surface area contributed by atoms with E-state index >= 15 is 0 Å². The number of hydrogen-bond donors (Lipinski definition) is 2. The summed E-state index contributed by atoms with van der Waals surface area (Å²) in [5.41, 5.74) is 1.65. The Balaban J connectivity index is 1.54. The lowest BCUT2D eigenvalue weighted by Gasteiger charge is -2.22. The van der Waals surface area contributed by atoms with E-state index in [1.54, 1.807) is 30.3 Å². The molecule has 7 heteroatoms. The van der Waals surface area contributed by atoms with Gasteiger partial charge in [-0.2, -0.15) is 18.2 Å². The van der Waals surface area contributed by atoms with Crippen LogP contribution in [0.4, 0.5) is 36.3 Å². The smallest absolute Gasteiger partial charge is 0.340 e. The number of anilines is 4. The number of aromatic nitrogens is 2. The fourth-order valence-corrected chi connectivity index (χ4v) is 3.81. The molecule has 1 fully saturated rings. The highest BCUT2D eigenvalue weighted by Crippen LogP contribution is 2.36. The average Bonchev–Trinajstić information content (AvgIpc) is 2.75. The van der Waals surface area contributed by atoms with Gasteiger partial charge < -0.3 is 10.6 Å². The SMILES string of the molecule is FC(F)(F)c1cnc(Nc2ccc(C3CCCCC3)cc2)nc1Nc1ccccc1. The molecule has 156 valence electrons. The second-order valence-corrected chi connectivity index (χ2v) is 7.53. The Morgan fingerprint density at radius 3 is 2.13 bits per heavy atom. The molecule has 4 rings (SSSR count). The molecule has 2 aromatic carbocycles. The molecule has 0 radical (unpaired) electrons. The monoisotopic (exact) mass is 412 g/mol. The van der Waals surface area contributed by atoms with Crippen LogP contribution in [0, 0.1) is 0 Å². The first-order chi connectivity index (χ1) is 14.5. The fraction of sp³-hybridized carbons (Fsp3) is 0.304. The van der Waals surface area contributed by atoms with Gasteiger partial charge in [-0.3, -0.25) is 0 Å². The summed E-state index contributed by atoms with van der Waals surface area (Å²) in [6.45, 7) is 0. The lowest BCUT2D eigenvalue weighted by atomic mass is 9.84. The van der Waals surface area contributed by atoms with Crippen LogP contribution >= 0.6 is 0 Å². The van der Waals surface area contributed by atoms with Crippen molar-refractivity contribution in [3.8, 4) is 0 Å². The number of para-hydroxylation sites is 1. The molecule has 3 aromatic rings. The Kier molecular flexibility index (Phi) is 5.88. The van der Waals surface area contributed by atoms with Gasteiger partial charge in [0.25, 0.3) is 0 Å². The Labute approximate surface area is 173 Å². The van der Waals surface area contributed by atoms with Crippen molar-refractivity contribution in [1.82, 2.24) is 9.97 Å². The lowest BCUT2D eigenvalue weighted by molar-refractivity contribution is -0.137. The van der Waals surface area contributed by atoms with E-state index in [1.165, 1.54) is 37.7 Å². The number of nitrogens with one attached hydrogen (secondary N) is 2. The standard InChI is InChI=1S/C23H23F3N4/c24-23(25,26)20-15-27-22(30-21(20)28-18-9-5-2-6-10-18)29-19-13-11-17(12-14-19)16-7-3-1-4-8-16/h2,5-6,9-16H,1,3-4,7-8H2,(H2,27,28,29,30). The molecule has 4 nitrogen and oxygen atoms in total. The molecule has 0 unspecified atom stereocenters. The molecular formula is C23H23F3N4. The third-order valence-corrected chi connectivity index (χ3v) is 5.37. The van der Waals surface area contributed by atoms with E-state index in [-0.39, 0.29) is 11.8 Å². The van der Waals surface area contributed by atoms with Crippen LogP contribution in [-0.4, -0.2) is 9.97 Å². The van der Waals surface area contributed by atoms with Gasteiger partial charge in [-0.1, -0.05) is 49.6 Å². The maximum absolute atomic E-state index is 13.4. The molecule has 0 aliphatic heterocycles. The molecule has 0 spiro atoms. The van der Waals surface area contributed by atoms with Crippen LogP contribution < -0.4 is 10.6 Å². The quantitative estimate of drug-likeness (QED) is 0.472. The van der Waals surface area contributed by atoms with Crippen LogP contribution in [-0.2, 0) is 6.18 Å². The fourth-order valence-electron chi connectivity index (χ4n) is 3.81. The Morgan fingerprint density at radius 1 is 0.800 bits per heavy atom. The van der Waals surface area contributed by atoms with Crippen molar-refractivity contribution in [2.24, 2.45) is 0 Å². The molecule has 0 atom stereocenters. The minimum absolute atomic E-state index is 0.104. The number of benzene rings is 2. The van der Waals surface area contributed by atoms with Gasteiger partial charge in [0.1, 0.15) is 11.4 Å². The van der Waals surface area contributed by atoms with E-state index in [0.29, 0.717) is 11.6 Å². The topological polar surface area (TPSA) is 49.8 Å². The van der Waals surface area contributed by atoms with E-state index < -0.39 is 11.7 Å². The summed E-state index contributed by atoms with van der Waals surface area (Å²) in [7, 11) is 0. The predicted molar refractivity (Wildman–Crippen MR) is 112 cm³/mol. The van der Waals surface area contributed by atoms with Gasteiger partial charge in [0.15, 0.2) is 0 Å². The molecule has 0 saturated heterocycles. The van der Waals surface area contributed by atoms with Crippen LogP contribution in [0.2, 0.25) is 0 Å². The van der Waals surface area contributed by atoms with E-state index in [0.717, 1.165) is 11.9 Å². The zero-order valence-corrected chi connectivity index (χ0v) is 16.4. The van der Waals surface area contributed by atoms with Crippen molar-refractivity contribution in [2.75, 3.05) is 10.6 Å². The summed E-state index contributed by atoms with van der Waals surface area (Å²) >= 11 is 0. The molecule has 2 N–H and O–H groups in total. The summed E-state index contributed by atoms with van der Waals surface area (Å²) in [5.74, 6) is 0.411. The third kappa shape index (κ3) is 4.90. The zero-order chi connectivity index (χ0) is 21.0. The second-order valence-electron chi connectivity index (χ2n) is 7.53. The number of rotatable bonds is 5. The maximum Gasteiger partial charge on any atom is 0.421 e. The highest BCUT2D eigenvalue weighted by atomic mass is 19.4. The van der Waals surface area contributed by atoms with Crippen molar-refractivity contribution in [3.05, 3.63) is 71.9 Å². The van der Waals surface area contributed by atoms with Crippen LogP contribution in [0.1, 0.15) is 49.1 Å². The predicted octanol–water partition coefficient (Wildman–Crippen LogP) is 7.03. The molecule has 1 saturated carbocycles. The molecule has 1 aliphatic rings. The minimum Gasteiger partial charge on any atom is -0.340 e. The second kappa shape index (κ2) is 8.73. The Morgan fingerprint density at radius 2 is 1.47 bits per heavy atom. The van der Waals surface area contributed by atoms with Crippen molar-refractivity contribution in [1.29, 1.82) is 0 Å². The Bertz CT molecular complexity index is 966. The normalized spacial score (nSPS) is 15.0. The third-order valence-electron chi connectivity index (χ3n) is 5.37. The lowest BCUT2D eigenvalue weighted by Crippen LogP contribution is -2.12. The van der Waals surface area contributed by atoms with Crippen LogP contribution in [0.5, 0.6) is 0 Å². The van der Waals surface area contributed by atoms with Gasteiger partial charge in [0.05, 0.1) is 0 Å². The van der Waals surface area contributed by atoms with Crippen molar-refractivity contribution < 1.29 is 13.2 Å².